The summed E-state index contributed by atoms with van der Waals surface area (Å²) in [7, 11) is 4.30. The van der Waals surface area contributed by atoms with Gasteiger partial charge in [-0.25, -0.2) is 4.39 Å². The van der Waals surface area contributed by atoms with E-state index in [1.54, 1.807) is 19.1 Å². The number of benzene rings is 6. The average Bonchev–Trinajstić information content (AvgIpc) is 3.99. The smallest absolute Gasteiger partial charge is 0.123 e. The van der Waals surface area contributed by atoms with Crippen LogP contribution in [-0.2, 0) is 69.7 Å². The van der Waals surface area contributed by atoms with Crippen molar-refractivity contribution in [2.75, 3.05) is 40.3 Å². The summed E-state index contributed by atoms with van der Waals surface area (Å²) in [6, 6.07) is 43.6. The lowest BCUT2D eigenvalue weighted by Gasteiger charge is -2.29. The molecule has 77 heavy (non-hydrogen) atoms. The first-order valence-electron chi connectivity index (χ1n) is 27.5. The molecule has 6 aromatic carbocycles. The van der Waals surface area contributed by atoms with Crippen molar-refractivity contribution >= 4 is 44.3 Å². The summed E-state index contributed by atoms with van der Waals surface area (Å²) < 4.78 is 20.2. The third-order valence-corrected chi connectivity index (χ3v) is 16.8. The molecular formula is C66H76ClFN6O3. The van der Waals surface area contributed by atoms with Crippen LogP contribution in [0.4, 0.5) is 4.39 Å². The Bertz CT molecular complexity index is 3540. The van der Waals surface area contributed by atoms with E-state index < -0.39 is 17.3 Å². The Hall–Kier alpha value is -6.08. The summed E-state index contributed by atoms with van der Waals surface area (Å²) in [4.78, 5) is 7.18. The SMILES string of the molecule is CCN1CCc2c(c3cc(C)ccc3n2CC(O)c2ccc(C)cc2)C1.CN1CCc2c(c3cc(Cl)ccc3n2C[C@@](C)(O)c2ccc(F)cc2)C1.Cc1ccc2c(c1)c1c(n2CC(C)(O)c2ccccc2)CCN(C)C1. The molecule has 0 radical (unpaired) electrons. The largest absolute Gasteiger partial charge is 0.387 e. The molecule has 0 saturated carbocycles. The first kappa shape index (κ1) is 54.3. The molecule has 9 aromatic rings. The molecule has 3 atom stereocenters. The van der Waals surface area contributed by atoms with E-state index in [9.17, 15) is 19.7 Å². The predicted molar refractivity (Wildman–Crippen MR) is 313 cm³/mol. The van der Waals surface area contributed by atoms with Crippen LogP contribution in [0, 0.1) is 26.6 Å². The third kappa shape index (κ3) is 11.4. The van der Waals surface area contributed by atoms with Gasteiger partial charge in [0.05, 0.1) is 25.7 Å². The zero-order valence-electron chi connectivity index (χ0n) is 46.3. The van der Waals surface area contributed by atoms with E-state index in [4.69, 9.17) is 11.6 Å². The van der Waals surface area contributed by atoms with E-state index in [-0.39, 0.29) is 5.82 Å². The molecule has 0 bridgehead atoms. The summed E-state index contributed by atoms with van der Waals surface area (Å²) in [6.07, 6.45) is 2.53. The molecule has 0 aliphatic carbocycles. The number of aromatic nitrogens is 3. The molecule has 6 heterocycles. The Morgan fingerprint density at radius 2 is 1.00 bits per heavy atom. The summed E-state index contributed by atoms with van der Waals surface area (Å²) in [5.74, 6) is -0.300. The highest BCUT2D eigenvalue weighted by molar-refractivity contribution is 6.31. The van der Waals surface area contributed by atoms with Crippen LogP contribution in [0.5, 0.6) is 0 Å². The number of hydrogen-bond acceptors (Lipinski definition) is 6. The highest BCUT2D eigenvalue weighted by Gasteiger charge is 2.32. The maximum Gasteiger partial charge on any atom is 0.123 e. The van der Waals surface area contributed by atoms with Gasteiger partial charge in [-0.1, -0.05) is 114 Å². The van der Waals surface area contributed by atoms with Gasteiger partial charge >= 0.3 is 0 Å². The Morgan fingerprint density at radius 3 is 1.55 bits per heavy atom. The molecular weight excluding hydrogens is 979 g/mol. The number of rotatable bonds is 10. The van der Waals surface area contributed by atoms with Crippen LogP contribution in [0.3, 0.4) is 0 Å². The van der Waals surface area contributed by atoms with E-state index in [1.165, 1.54) is 84.4 Å². The van der Waals surface area contributed by atoms with Gasteiger partial charge in [-0.05, 0) is 143 Å². The fraction of sp³-hybridized carbons (Fsp3) is 0.364. The molecule has 3 N–H and O–H groups in total. The monoisotopic (exact) mass is 1050 g/mol. The predicted octanol–water partition coefficient (Wildman–Crippen LogP) is 12.5. The molecule has 0 fully saturated rings. The van der Waals surface area contributed by atoms with Crippen LogP contribution < -0.4 is 0 Å². The van der Waals surface area contributed by atoms with Crippen molar-refractivity contribution in [2.24, 2.45) is 0 Å². The molecule has 2 unspecified atom stereocenters. The van der Waals surface area contributed by atoms with Crippen molar-refractivity contribution in [2.45, 2.75) is 117 Å². The molecule has 3 aromatic heterocycles. The van der Waals surface area contributed by atoms with E-state index in [1.807, 2.05) is 67.6 Å². The zero-order chi connectivity index (χ0) is 54.3. The second kappa shape index (κ2) is 22.3. The van der Waals surface area contributed by atoms with Gasteiger partial charge in [-0.2, -0.15) is 0 Å². The van der Waals surface area contributed by atoms with E-state index in [2.05, 4.69) is 119 Å². The van der Waals surface area contributed by atoms with E-state index in [0.717, 1.165) is 92.1 Å². The van der Waals surface area contributed by atoms with E-state index >= 15 is 0 Å². The molecule has 0 spiro atoms. The van der Waals surface area contributed by atoms with Crippen LogP contribution in [-0.4, -0.2) is 84.0 Å². The lowest BCUT2D eigenvalue weighted by atomic mass is 9.95. The minimum absolute atomic E-state index is 0.300. The van der Waals surface area contributed by atoms with Crippen molar-refractivity contribution in [3.05, 3.63) is 211 Å². The van der Waals surface area contributed by atoms with Crippen LogP contribution in [0.15, 0.2) is 133 Å². The molecule has 0 saturated heterocycles. The summed E-state index contributed by atoms with van der Waals surface area (Å²) in [5, 5.41) is 37.8. The number of aryl methyl sites for hydroxylation is 3. The van der Waals surface area contributed by atoms with Crippen LogP contribution in [0.2, 0.25) is 5.02 Å². The van der Waals surface area contributed by atoms with Crippen molar-refractivity contribution in [3.8, 4) is 0 Å². The molecule has 12 rings (SSSR count). The average molecular weight is 1060 g/mol. The standard InChI is InChI=1S/C23H28N2O.C22H26N2O.C21H22ClFN2O/c1-4-24-12-11-22-20(14-24)19-13-17(3)7-10-21(19)25(22)15-23(26)18-8-5-16(2)6-9-18;1-16-9-10-20-18(13-16)19-14-23(3)12-11-21(19)24(20)15-22(2,25)17-7-5-4-6-8-17;1-21(26,14-3-6-16(23)7-4-14)13-25-19-8-5-15(22)11-17(19)18-12-24(2)10-9-20(18)25/h5-10,13,23,26H,4,11-12,14-15H2,1-3H3;4-10,13,25H,11-12,14-15H2,1-3H3;3-8,11,26H,9-10,12-13H2,1-2H3/t;;21-/m..1/s1. The Balaban J connectivity index is 0.000000131. The summed E-state index contributed by atoms with van der Waals surface area (Å²) in [6.45, 7) is 21.0. The second-order valence-electron chi connectivity index (χ2n) is 22.7. The van der Waals surface area contributed by atoms with Gasteiger partial charge in [-0.3, -0.25) is 4.90 Å². The first-order valence-corrected chi connectivity index (χ1v) is 27.9. The second-order valence-corrected chi connectivity index (χ2v) is 23.1. The number of hydrogen-bond donors (Lipinski definition) is 3. The van der Waals surface area contributed by atoms with E-state index in [0.29, 0.717) is 25.2 Å². The highest BCUT2D eigenvalue weighted by atomic mass is 35.5. The maximum atomic E-state index is 13.3. The molecule has 9 nitrogen and oxygen atoms in total. The number of halogens is 2. The molecule has 11 heteroatoms. The number of aliphatic hydroxyl groups is 3. The lowest BCUT2D eigenvalue weighted by molar-refractivity contribution is 0.0380. The lowest BCUT2D eigenvalue weighted by Crippen LogP contribution is -2.31. The highest BCUT2D eigenvalue weighted by Crippen LogP contribution is 2.38. The topological polar surface area (TPSA) is 85.2 Å². The summed E-state index contributed by atoms with van der Waals surface area (Å²) >= 11 is 6.24. The quantitative estimate of drug-likeness (QED) is 0.127. The minimum atomic E-state index is -1.10. The fourth-order valence-corrected chi connectivity index (χ4v) is 12.4. The van der Waals surface area contributed by atoms with Crippen molar-refractivity contribution < 1.29 is 19.7 Å². The van der Waals surface area contributed by atoms with Gasteiger partial charge < -0.3 is 38.8 Å². The van der Waals surface area contributed by atoms with Gasteiger partial charge in [0.2, 0.25) is 0 Å². The van der Waals surface area contributed by atoms with Crippen molar-refractivity contribution in [3.63, 3.8) is 0 Å². The Kier molecular flexibility index (Phi) is 15.8. The van der Waals surface area contributed by atoms with Crippen molar-refractivity contribution in [1.82, 2.24) is 28.4 Å². The van der Waals surface area contributed by atoms with Gasteiger partial charge in [0.25, 0.3) is 0 Å². The Morgan fingerprint density at radius 1 is 0.545 bits per heavy atom. The van der Waals surface area contributed by atoms with Gasteiger partial charge in [0, 0.05) is 113 Å². The molecule has 0 amide bonds. The minimum Gasteiger partial charge on any atom is -0.387 e. The number of likely N-dealkylation sites (N-methyl/N-ethyl adjacent to an activating group) is 3. The summed E-state index contributed by atoms with van der Waals surface area (Å²) in [5.41, 5.74) is 16.2. The van der Waals surface area contributed by atoms with Crippen LogP contribution in [0.1, 0.15) is 94.0 Å². The first-order chi connectivity index (χ1) is 36.9. The maximum absolute atomic E-state index is 13.3. The van der Waals surface area contributed by atoms with Gasteiger partial charge in [0.1, 0.15) is 17.0 Å². The zero-order valence-corrected chi connectivity index (χ0v) is 47.0. The number of aliphatic hydroxyl groups excluding tert-OH is 1. The van der Waals surface area contributed by atoms with Gasteiger partial charge in [-0.15, -0.1) is 0 Å². The normalized spacial score (nSPS) is 16.9. The fourth-order valence-electron chi connectivity index (χ4n) is 12.2. The third-order valence-electron chi connectivity index (χ3n) is 16.6. The van der Waals surface area contributed by atoms with Crippen molar-refractivity contribution in [1.29, 1.82) is 0 Å². The molecule has 3 aliphatic rings. The van der Waals surface area contributed by atoms with Crippen LogP contribution >= 0.6 is 11.6 Å². The van der Waals surface area contributed by atoms with Gasteiger partial charge in [0.15, 0.2) is 0 Å². The molecule has 3 aliphatic heterocycles. The Labute approximate surface area is 459 Å². The molecule has 402 valence electrons. The number of fused-ring (bicyclic) bond motifs is 9. The number of nitrogens with zero attached hydrogens (tertiary/aromatic N) is 6. The van der Waals surface area contributed by atoms with Crippen LogP contribution in [0.25, 0.3) is 32.7 Å².